The predicted octanol–water partition coefficient (Wildman–Crippen LogP) is 3.46. The highest BCUT2D eigenvalue weighted by Crippen LogP contribution is 2.27. The van der Waals surface area contributed by atoms with Crippen LogP contribution in [-0.2, 0) is 4.74 Å². The molecule has 2 aromatic carbocycles. The summed E-state index contributed by atoms with van der Waals surface area (Å²) in [6.45, 7) is 0.420. The largest absolute Gasteiger partial charge is 0.495 e. The highest BCUT2D eigenvalue weighted by molar-refractivity contribution is 6.32. The normalized spacial score (nSPS) is 12.7. The second-order valence-corrected chi connectivity index (χ2v) is 5.24. The van der Waals surface area contributed by atoms with Gasteiger partial charge in [0.15, 0.2) is 5.96 Å². The molecular formula is C17H20ClN3O2. The number of hydrogen-bond acceptors (Lipinski definition) is 3. The first-order chi connectivity index (χ1) is 11.1. The van der Waals surface area contributed by atoms with Crippen LogP contribution in [0.3, 0.4) is 0 Å². The molecule has 5 nitrogen and oxygen atoms in total. The number of hydrogen-bond donors (Lipinski definition) is 2. The summed E-state index contributed by atoms with van der Waals surface area (Å²) in [5.41, 5.74) is 7.71. The van der Waals surface area contributed by atoms with Crippen LogP contribution in [0.15, 0.2) is 53.5 Å². The van der Waals surface area contributed by atoms with Crippen molar-refractivity contribution in [3.63, 3.8) is 0 Å². The van der Waals surface area contributed by atoms with Crippen LogP contribution < -0.4 is 15.8 Å². The van der Waals surface area contributed by atoms with Crippen LogP contribution in [0.4, 0.5) is 5.69 Å². The van der Waals surface area contributed by atoms with Gasteiger partial charge in [-0.2, -0.15) is 0 Å². The number of nitrogens with one attached hydrogen (secondary N) is 1. The third-order valence-electron chi connectivity index (χ3n) is 3.31. The summed E-state index contributed by atoms with van der Waals surface area (Å²) in [6, 6.07) is 15.2. The minimum Gasteiger partial charge on any atom is -0.495 e. The molecule has 0 aromatic heterocycles. The first kappa shape index (κ1) is 17.1. The van der Waals surface area contributed by atoms with Crippen molar-refractivity contribution in [1.29, 1.82) is 0 Å². The SMILES string of the molecule is COc1ccc(NC(N)=NCC(OC)c2ccccc2)cc1Cl. The number of aliphatic imine (C=N–C) groups is 1. The Morgan fingerprint density at radius 3 is 2.57 bits per heavy atom. The summed E-state index contributed by atoms with van der Waals surface area (Å²) in [5.74, 6) is 0.903. The van der Waals surface area contributed by atoms with Gasteiger partial charge in [-0.1, -0.05) is 41.9 Å². The lowest BCUT2D eigenvalue weighted by atomic mass is 10.1. The average molecular weight is 334 g/mol. The Labute approximate surface area is 141 Å². The fourth-order valence-corrected chi connectivity index (χ4v) is 2.35. The van der Waals surface area contributed by atoms with E-state index in [4.69, 9.17) is 26.8 Å². The molecule has 0 amide bonds. The first-order valence-corrected chi connectivity index (χ1v) is 7.50. The number of nitrogens with zero attached hydrogens (tertiary/aromatic N) is 1. The van der Waals surface area contributed by atoms with Gasteiger partial charge in [0, 0.05) is 12.8 Å². The Morgan fingerprint density at radius 2 is 1.96 bits per heavy atom. The lowest BCUT2D eigenvalue weighted by Crippen LogP contribution is -2.23. The molecule has 2 rings (SSSR count). The van der Waals surface area contributed by atoms with Gasteiger partial charge in [0.1, 0.15) is 11.9 Å². The van der Waals surface area contributed by atoms with Gasteiger partial charge in [-0.05, 0) is 23.8 Å². The van der Waals surface area contributed by atoms with Crippen LogP contribution in [-0.4, -0.2) is 26.7 Å². The predicted molar refractivity (Wildman–Crippen MR) is 94.3 cm³/mol. The van der Waals surface area contributed by atoms with Crippen molar-refractivity contribution in [2.24, 2.45) is 10.7 Å². The molecule has 1 unspecified atom stereocenters. The molecule has 0 saturated carbocycles. The lowest BCUT2D eigenvalue weighted by Gasteiger charge is -2.14. The molecule has 0 aliphatic rings. The van der Waals surface area contributed by atoms with Crippen molar-refractivity contribution in [2.45, 2.75) is 6.10 Å². The van der Waals surface area contributed by atoms with Crippen LogP contribution in [0.1, 0.15) is 11.7 Å². The molecule has 23 heavy (non-hydrogen) atoms. The van der Waals surface area contributed by atoms with Gasteiger partial charge < -0.3 is 20.5 Å². The molecule has 122 valence electrons. The Bertz CT molecular complexity index is 662. The Balaban J connectivity index is 2.01. The van der Waals surface area contributed by atoms with Gasteiger partial charge in [0.2, 0.25) is 0 Å². The molecule has 0 fully saturated rings. The van der Waals surface area contributed by atoms with Gasteiger partial charge in [-0.25, -0.2) is 0 Å². The number of nitrogens with two attached hydrogens (primary N) is 1. The maximum Gasteiger partial charge on any atom is 0.193 e. The summed E-state index contributed by atoms with van der Waals surface area (Å²) in [5, 5.41) is 3.50. The summed E-state index contributed by atoms with van der Waals surface area (Å²) in [7, 11) is 3.22. The molecule has 0 saturated heterocycles. The zero-order valence-corrected chi connectivity index (χ0v) is 13.9. The lowest BCUT2D eigenvalue weighted by molar-refractivity contribution is 0.111. The minimum absolute atomic E-state index is 0.143. The van der Waals surface area contributed by atoms with Crippen LogP contribution in [0.25, 0.3) is 0 Å². The number of guanidine groups is 1. The van der Waals surface area contributed by atoms with Crippen LogP contribution in [0.2, 0.25) is 5.02 Å². The molecule has 1 atom stereocenters. The third-order valence-corrected chi connectivity index (χ3v) is 3.60. The molecule has 6 heteroatoms. The smallest absolute Gasteiger partial charge is 0.193 e. The summed E-state index contributed by atoms with van der Waals surface area (Å²) < 4.78 is 10.6. The monoisotopic (exact) mass is 333 g/mol. The average Bonchev–Trinajstić information content (AvgIpc) is 2.56. The van der Waals surface area contributed by atoms with Crippen LogP contribution >= 0.6 is 11.6 Å². The van der Waals surface area contributed by atoms with Gasteiger partial charge in [-0.3, -0.25) is 4.99 Å². The molecule has 0 bridgehead atoms. The van der Waals surface area contributed by atoms with Crippen LogP contribution in [0.5, 0.6) is 5.75 Å². The fraction of sp³-hybridized carbons (Fsp3) is 0.235. The Morgan fingerprint density at radius 1 is 1.22 bits per heavy atom. The van der Waals surface area contributed by atoms with E-state index in [1.807, 2.05) is 36.4 Å². The van der Waals surface area contributed by atoms with Crippen LogP contribution in [0, 0.1) is 0 Å². The van der Waals surface area contributed by atoms with Crippen molar-refractivity contribution in [1.82, 2.24) is 0 Å². The van der Waals surface area contributed by atoms with E-state index in [2.05, 4.69) is 10.3 Å². The number of methoxy groups -OCH3 is 2. The molecule has 0 aliphatic heterocycles. The van der Waals surface area contributed by atoms with Crippen molar-refractivity contribution in [2.75, 3.05) is 26.1 Å². The molecule has 3 N–H and O–H groups in total. The van der Waals surface area contributed by atoms with Gasteiger partial charge >= 0.3 is 0 Å². The summed E-state index contributed by atoms with van der Waals surface area (Å²) >= 11 is 6.08. The van der Waals surface area contributed by atoms with E-state index in [9.17, 15) is 0 Å². The van der Waals surface area contributed by atoms with E-state index >= 15 is 0 Å². The van der Waals surface area contributed by atoms with Crippen molar-refractivity contribution in [3.05, 3.63) is 59.1 Å². The molecule has 0 heterocycles. The molecule has 0 spiro atoms. The topological polar surface area (TPSA) is 68.9 Å². The van der Waals surface area contributed by atoms with E-state index in [-0.39, 0.29) is 6.10 Å². The van der Waals surface area contributed by atoms with Gasteiger partial charge in [0.05, 0.1) is 18.7 Å². The molecule has 2 aromatic rings. The zero-order chi connectivity index (χ0) is 16.7. The highest BCUT2D eigenvalue weighted by atomic mass is 35.5. The van der Waals surface area contributed by atoms with E-state index in [1.165, 1.54) is 0 Å². The minimum atomic E-state index is -0.143. The maximum absolute atomic E-state index is 6.08. The standard InChI is InChI=1S/C17H20ClN3O2/c1-22-15-9-8-13(10-14(15)18)21-17(19)20-11-16(23-2)12-6-4-3-5-7-12/h3-10,16H,11H2,1-2H3,(H3,19,20,21). The van der Waals surface area contributed by atoms with Crippen molar-refractivity contribution in [3.8, 4) is 5.75 Å². The van der Waals surface area contributed by atoms with Gasteiger partial charge in [-0.15, -0.1) is 0 Å². The fourth-order valence-electron chi connectivity index (χ4n) is 2.10. The van der Waals surface area contributed by atoms with Crippen molar-refractivity contribution >= 4 is 23.2 Å². The second kappa shape index (κ2) is 8.41. The first-order valence-electron chi connectivity index (χ1n) is 7.12. The number of ether oxygens (including phenoxy) is 2. The number of halogens is 1. The number of rotatable bonds is 6. The van der Waals surface area contributed by atoms with E-state index in [0.717, 1.165) is 11.3 Å². The summed E-state index contributed by atoms with van der Waals surface area (Å²) in [6.07, 6.45) is -0.143. The van der Waals surface area contributed by atoms with Crippen molar-refractivity contribution < 1.29 is 9.47 Å². The van der Waals surface area contributed by atoms with E-state index in [1.54, 1.807) is 26.4 Å². The van der Waals surface area contributed by atoms with Gasteiger partial charge in [0.25, 0.3) is 0 Å². The third kappa shape index (κ3) is 4.87. The molecule has 0 aliphatic carbocycles. The zero-order valence-electron chi connectivity index (χ0n) is 13.1. The maximum atomic E-state index is 6.08. The molecular weight excluding hydrogens is 314 g/mol. The van der Waals surface area contributed by atoms with E-state index in [0.29, 0.717) is 23.3 Å². The Hall–Kier alpha value is -2.24. The number of anilines is 1. The molecule has 0 radical (unpaired) electrons. The summed E-state index contributed by atoms with van der Waals surface area (Å²) in [4.78, 5) is 4.32. The number of benzene rings is 2. The van der Waals surface area contributed by atoms with E-state index < -0.39 is 0 Å². The highest BCUT2D eigenvalue weighted by Gasteiger charge is 2.09. The quantitative estimate of drug-likeness (QED) is 0.627. The Kier molecular flexibility index (Phi) is 6.26. The second-order valence-electron chi connectivity index (χ2n) is 4.84.